The van der Waals surface area contributed by atoms with Gasteiger partial charge < -0.3 is 0 Å². The molecule has 7 aromatic rings. The molecule has 4 nitrogen and oxygen atoms in total. The van der Waals surface area contributed by atoms with Gasteiger partial charge in [0.1, 0.15) is 22.7 Å². The monoisotopic (exact) mass is 544 g/mol. The first kappa shape index (κ1) is 24.8. The molecule has 42 heavy (non-hydrogen) atoms. The molecule has 8 rings (SSSR count). The van der Waals surface area contributed by atoms with E-state index in [4.69, 9.17) is 9.97 Å². The number of hydrogen-bond donors (Lipinski definition) is 0. The maximum Gasteiger partial charge on any atom is 0.124 e. The topological polar surface area (TPSA) is 35.6 Å². The summed E-state index contributed by atoms with van der Waals surface area (Å²) in [7, 11) is 0. The molecule has 1 aliphatic heterocycles. The molecule has 204 valence electrons. The largest absolute Gasteiger partial charge is 0.295 e. The van der Waals surface area contributed by atoms with Gasteiger partial charge in [-0.1, -0.05) is 84.9 Å². The molecule has 0 saturated heterocycles. The Morgan fingerprint density at radius 3 is 1.26 bits per heavy atom. The standard InChI is InChI=1S/C38H32N4/c1-37(2)27-15-11-13-25(23-27)26-14-12-16-28(24-26)38(3,4)36-40-34-32(42(36)30-19-9-6-10-20-30)22-21-31-33(34)39-35(37)41(31)29-17-7-5-8-18-29/h5-24H,1-4H3. The summed E-state index contributed by atoms with van der Waals surface area (Å²) < 4.78 is 4.65. The zero-order valence-electron chi connectivity index (χ0n) is 24.3. The molecule has 0 fully saturated rings. The molecule has 0 atom stereocenters. The van der Waals surface area contributed by atoms with Gasteiger partial charge in [-0.05, 0) is 86.3 Å². The Hall–Kier alpha value is -4.96. The van der Waals surface area contributed by atoms with E-state index in [1.807, 2.05) is 0 Å². The Kier molecular flexibility index (Phi) is 5.18. The summed E-state index contributed by atoms with van der Waals surface area (Å²) in [5.41, 5.74) is 10.2. The SMILES string of the molecule is CC1(C)c2cccc(c2)-c2cccc(c2)C(C)(C)c2nc3c4nc1n(-c1ccccc1)c4ccc3n2-c1ccccc1. The van der Waals surface area contributed by atoms with Crippen molar-refractivity contribution in [2.75, 3.05) is 0 Å². The number of imidazole rings is 2. The molecule has 0 spiro atoms. The Morgan fingerprint density at radius 1 is 0.452 bits per heavy atom. The van der Waals surface area contributed by atoms with E-state index in [9.17, 15) is 0 Å². The highest BCUT2D eigenvalue weighted by Crippen LogP contribution is 2.42. The minimum absolute atomic E-state index is 0.386. The third kappa shape index (κ3) is 3.48. The molecule has 5 aromatic carbocycles. The van der Waals surface area contributed by atoms with E-state index < -0.39 is 0 Å². The predicted octanol–water partition coefficient (Wildman–Crippen LogP) is 9.00. The molecule has 0 unspecified atom stereocenters. The molecule has 0 amide bonds. The fourth-order valence-corrected chi connectivity index (χ4v) is 6.63. The van der Waals surface area contributed by atoms with Gasteiger partial charge in [-0.2, -0.15) is 0 Å². The summed E-state index contributed by atoms with van der Waals surface area (Å²) in [5.74, 6) is 1.99. The maximum absolute atomic E-state index is 5.49. The minimum Gasteiger partial charge on any atom is -0.295 e. The van der Waals surface area contributed by atoms with Gasteiger partial charge in [-0.3, -0.25) is 9.13 Å². The van der Waals surface area contributed by atoms with Crippen LogP contribution < -0.4 is 0 Å². The van der Waals surface area contributed by atoms with Crippen molar-refractivity contribution >= 4 is 22.1 Å². The van der Waals surface area contributed by atoms with E-state index in [1.165, 1.54) is 22.3 Å². The lowest BCUT2D eigenvalue weighted by Gasteiger charge is -2.28. The van der Waals surface area contributed by atoms with Crippen molar-refractivity contribution in [3.63, 3.8) is 0 Å². The van der Waals surface area contributed by atoms with Crippen molar-refractivity contribution in [2.24, 2.45) is 0 Å². The highest BCUT2D eigenvalue weighted by molar-refractivity contribution is 6.02. The lowest BCUT2D eigenvalue weighted by atomic mass is 9.80. The highest BCUT2D eigenvalue weighted by Gasteiger charge is 2.35. The predicted molar refractivity (Wildman–Crippen MR) is 172 cm³/mol. The van der Waals surface area contributed by atoms with Crippen LogP contribution in [0, 0.1) is 0 Å². The zero-order chi connectivity index (χ0) is 28.6. The normalized spacial score (nSPS) is 15.0. The van der Waals surface area contributed by atoms with E-state index in [0.29, 0.717) is 0 Å². The fourth-order valence-electron chi connectivity index (χ4n) is 6.63. The zero-order valence-corrected chi connectivity index (χ0v) is 24.3. The van der Waals surface area contributed by atoms with Crippen molar-refractivity contribution in [1.82, 2.24) is 19.1 Å². The number of para-hydroxylation sites is 2. The third-order valence-corrected chi connectivity index (χ3v) is 9.10. The summed E-state index contributed by atoms with van der Waals surface area (Å²) in [6.07, 6.45) is 0. The molecule has 8 bridgehead atoms. The molecule has 1 aliphatic rings. The summed E-state index contributed by atoms with van der Waals surface area (Å²) in [6.45, 7) is 9.12. The van der Waals surface area contributed by atoms with E-state index in [-0.39, 0.29) is 10.8 Å². The van der Waals surface area contributed by atoms with Crippen LogP contribution in [-0.2, 0) is 10.8 Å². The fraction of sp³-hybridized carbons (Fsp3) is 0.158. The van der Waals surface area contributed by atoms with Crippen molar-refractivity contribution < 1.29 is 0 Å². The van der Waals surface area contributed by atoms with Crippen molar-refractivity contribution in [3.05, 3.63) is 144 Å². The molecule has 3 heterocycles. The smallest absolute Gasteiger partial charge is 0.124 e. The number of nitrogens with zero attached hydrogens (tertiary/aromatic N) is 4. The van der Waals surface area contributed by atoms with Crippen molar-refractivity contribution in [2.45, 2.75) is 38.5 Å². The van der Waals surface area contributed by atoms with Gasteiger partial charge in [0.15, 0.2) is 0 Å². The lowest BCUT2D eigenvalue weighted by Crippen LogP contribution is -2.24. The Balaban J connectivity index is 1.58. The van der Waals surface area contributed by atoms with Gasteiger partial charge in [-0.15, -0.1) is 0 Å². The second kappa shape index (κ2) is 8.77. The van der Waals surface area contributed by atoms with Crippen LogP contribution >= 0.6 is 0 Å². The van der Waals surface area contributed by atoms with E-state index in [2.05, 4.69) is 158 Å². The second-order valence-corrected chi connectivity index (χ2v) is 12.4. The minimum atomic E-state index is -0.386. The number of hydrogen-bond acceptors (Lipinski definition) is 2. The quantitative estimate of drug-likeness (QED) is 0.218. The molecule has 4 heteroatoms. The van der Waals surface area contributed by atoms with Crippen LogP contribution in [0.3, 0.4) is 0 Å². The van der Waals surface area contributed by atoms with Crippen molar-refractivity contribution in [3.8, 4) is 22.5 Å². The third-order valence-electron chi connectivity index (χ3n) is 9.10. The average molecular weight is 545 g/mol. The summed E-state index contributed by atoms with van der Waals surface area (Å²) in [6, 6.07) is 43.5. The Labute approximate surface area is 245 Å². The van der Waals surface area contributed by atoms with Gasteiger partial charge in [0.25, 0.3) is 0 Å². The van der Waals surface area contributed by atoms with Crippen LogP contribution in [0.1, 0.15) is 50.5 Å². The first-order chi connectivity index (χ1) is 20.3. The first-order valence-electron chi connectivity index (χ1n) is 14.6. The average Bonchev–Trinajstić information content (AvgIpc) is 3.62. The molecular weight excluding hydrogens is 512 g/mol. The van der Waals surface area contributed by atoms with Crippen LogP contribution in [-0.4, -0.2) is 19.1 Å². The maximum atomic E-state index is 5.49. The van der Waals surface area contributed by atoms with Gasteiger partial charge in [0.05, 0.1) is 11.0 Å². The van der Waals surface area contributed by atoms with Gasteiger partial charge in [-0.25, -0.2) is 9.97 Å². The van der Waals surface area contributed by atoms with Crippen LogP contribution in [0.15, 0.2) is 121 Å². The lowest BCUT2D eigenvalue weighted by molar-refractivity contribution is 0.581. The Morgan fingerprint density at radius 2 is 0.857 bits per heavy atom. The van der Waals surface area contributed by atoms with E-state index in [0.717, 1.165) is 45.1 Å². The summed E-state index contributed by atoms with van der Waals surface area (Å²) in [5, 5.41) is 0. The van der Waals surface area contributed by atoms with Gasteiger partial charge in [0, 0.05) is 22.2 Å². The van der Waals surface area contributed by atoms with E-state index >= 15 is 0 Å². The number of aromatic nitrogens is 4. The molecule has 0 N–H and O–H groups in total. The van der Waals surface area contributed by atoms with Crippen LogP contribution in [0.2, 0.25) is 0 Å². The van der Waals surface area contributed by atoms with Gasteiger partial charge >= 0.3 is 0 Å². The summed E-state index contributed by atoms with van der Waals surface area (Å²) in [4.78, 5) is 11.0. The van der Waals surface area contributed by atoms with Crippen LogP contribution in [0.4, 0.5) is 0 Å². The first-order valence-corrected chi connectivity index (χ1v) is 14.6. The van der Waals surface area contributed by atoms with E-state index in [1.54, 1.807) is 0 Å². The second-order valence-electron chi connectivity index (χ2n) is 12.4. The van der Waals surface area contributed by atoms with Gasteiger partial charge in [0.2, 0.25) is 0 Å². The van der Waals surface area contributed by atoms with Crippen LogP contribution in [0.25, 0.3) is 44.6 Å². The Bertz CT molecular complexity index is 1970. The number of benzene rings is 5. The molecule has 0 aliphatic carbocycles. The molecule has 0 radical (unpaired) electrons. The molecule has 2 aromatic heterocycles. The molecular formula is C38H32N4. The van der Waals surface area contributed by atoms with Crippen LogP contribution in [0.5, 0.6) is 0 Å². The highest BCUT2D eigenvalue weighted by atomic mass is 15.1. The number of rotatable bonds is 2. The van der Waals surface area contributed by atoms with Crippen molar-refractivity contribution in [1.29, 1.82) is 0 Å². The molecule has 0 saturated carbocycles. The summed E-state index contributed by atoms with van der Waals surface area (Å²) >= 11 is 0. The number of fused-ring (bicyclic) bond motifs is 7.